The highest BCUT2D eigenvalue weighted by Gasteiger charge is 2.27. The fraction of sp³-hybridized carbons (Fsp3) is 0.0732. The van der Waals surface area contributed by atoms with Crippen LogP contribution in [0.25, 0.3) is 65.9 Å². The Kier molecular flexibility index (Phi) is 5.84. The van der Waals surface area contributed by atoms with Gasteiger partial charge in [0.1, 0.15) is 0 Å². The molecule has 0 saturated carbocycles. The number of benzene rings is 6. The summed E-state index contributed by atoms with van der Waals surface area (Å²) in [5, 5.41) is 7.11. The lowest BCUT2D eigenvalue weighted by Gasteiger charge is -2.29. The van der Waals surface area contributed by atoms with Crippen LogP contribution in [0, 0.1) is 0 Å². The normalized spacial score (nSPS) is 12.0. The van der Waals surface area contributed by atoms with E-state index in [0.29, 0.717) is 0 Å². The first-order valence-corrected chi connectivity index (χ1v) is 14.8. The van der Waals surface area contributed by atoms with E-state index < -0.39 is 0 Å². The van der Waals surface area contributed by atoms with E-state index in [1.807, 2.05) is 0 Å². The summed E-state index contributed by atoms with van der Waals surface area (Å²) in [6.45, 7) is 4.61. The summed E-state index contributed by atoms with van der Waals surface area (Å²) in [6, 6.07) is 51.9. The Balaban J connectivity index is 1.18. The van der Waals surface area contributed by atoms with Gasteiger partial charge in [-0.3, -0.25) is 0 Å². The standard InChI is InChI=1S/C41H30N2/c1-41(2,32-23-19-29(20-24-32)37-25-21-30-17-15-27-9-3-5-11-33(27)39(30)42-37)36-14-8-7-13-35(36)38-26-22-31-18-16-28-10-4-6-12-34(28)40(31)43-38/h3-26H,1-2H3. The van der Waals surface area contributed by atoms with Crippen molar-refractivity contribution in [2.45, 2.75) is 19.3 Å². The van der Waals surface area contributed by atoms with Gasteiger partial charge in [-0.1, -0.05) is 147 Å². The molecule has 2 heterocycles. The van der Waals surface area contributed by atoms with Crippen LogP contribution in [-0.2, 0) is 5.41 Å². The van der Waals surface area contributed by atoms with E-state index in [4.69, 9.17) is 9.97 Å². The molecule has 0 aliphatic carbocycles. The van der Waals surface area contributed by atoms with Gasteiger partial charge in [-0.2, -0.15) is 0 Å². The molecule has 6 aromatic carbocycles. The number of nitrogens with zero attached hydrogens (tertiary/aromatic N) is 2. The van der Waals surface area contributed by atoms with Crippen LogP contribution in [0.5, 0.6) is 0 Å². The quantitative estimate of drug-likeness (QED) is 0.204. The lowest BCUT2D eigenvalue weighted by molar-refractivity contribution is 0.642. The van der Waals surface area contributed by atoms with Gasteiger partial charge in [-0.15, -0.1) is 0 Å². The first-order valence-electron chi connectivity index (χ1n) is 14.8. The smallest absolute Gasteiger partial charge is 0.0787 e. The van der Waals surface area contributed by atoms with Crippen LogP contribution < -0.4 is 0 Å². The van der Waals surface area contributed by atoms with Crippen LogP contribution in [0.4, 0.5) is 0 Å². The third-order valence-electron chi connectivity index (χ3n) is 8.95. The number of hydrogen-bond acceptors (Lipinski definition) is 2. The molecular formula is C41H30N2. The SMILES string of the molecule is CC(C)(c1ccc(-c2ccc3ccc4ccccc4c3n2)cc1)c1ccccc1-c1ccc2ccc3ccccc3c2n1. The van der Waals surface area contributed by atoms with E-state index in [0.717, 1.165) is 44.3 Å². The summed E-state index contributed by atoms with van der Waals surface area (Å²) in [6.07, 6.45) is 0. The summed E-state index contributed by atoms with van der Waals surface area (Å²) < 4.78 is 0. The summed E-state index contributed by atoms with van der Waals surface area (Å²) in [5.41, 5.74) is 8.62. The predicted octanol–water partition coefficient (Wildman–Crippen LogP) is 10.7. The minimum atomic E-state index is -0.239. The molecule has 43 heavy (non-hydrogen) atoms. The number of rotatable bonds is 4. The Bertz CT molecular complexity index is 2310. The highest BCUT2D eigenvalue weighted by molar-refractivity contribution is 6.06. The van der Waals surface area contributed by atoms with Crippen molar-refractivity contribution in [2.75, 3.05) is 0 Å². The molecule has 8 rings (SSSR count). The number of pyridine rings is 2. The molecule has 0 N–H and O–H groups in total. The molecule has 0 unspecified atom stereocenters. The van der Waals surface area contributed by atoms with E-state index >= 15 is 0 Å². The van der Waals surface area contributed by atoms with E-state index in [1.165, 1.54) is 32.7 Å². The van der Waals surface area contributed by atoms with Gasteiger partial charge in [-0.25, -0.2) is 9.97 Å². The van der Waals surface area contributed by atoms with Crippen LogP contribution in [0.15, 0.2) is 146 Å². The van der Waals surface area contributed by atoms with Gasteiger partial charge in [0.2, 0.25) is 0 Å². The Hall–Kier alpha value is -5.34. The molecule has 0 aliphatic rings. The van der Waals surface area contributed by atoms with Crippen molar-refractivity contribution >= 4 is 43.4 Å². The van der Waals surface area contributed by atoms with E-state index in [1.54, 1.807) is 0 Å². The minimum Gasteiger partial charge on any atom is -0.247 e. The van der Waals surface area contributed by atoms with Crippen LogP contribution in [0.1, 0.15) is 25.0 Å². The van der Waals surface area contributed by atoms with Gasteiger partial charge in [0, 0.05) is 38.1 Å². The molecule has 0 atom stereocenters. The van der Waals surface area contributed by atoms with Gasteiger partial charge in [0.15, 0.2) is 0 Å². The molecule has 8 aromatic rings. The van der Waals surface area contributed by atoms with Gasteiger partial charge in [0.25, 0.3) is 0 Å². The first-order chi connectivity index (χ1) is 21.1. The molecule has 0 aliphatic heterocycles. The van der Waals surface area contributed by atoms with E-state index in [2.05, 4.69) is 159 Å². The van der Waals surface area contributed by atoms with Crippen molar-refractivity contribution in [3.8, 4) is 22.5 Å². The second-order valence-electron chi connectivity index (χ2n) is 11.9. The fourth-order valence-electron chi connectivity index (χ4n) is 6.49. The first kappa shape index (κ1) is 25.4. The maximum Gasteiger partial charge on any atom is 0.0787 e. The summed E-state index contributed by atoms with van der Waals surface area (Å²) in [7, 11) is 0. The third kappa shape index (κ3) is 4.26. The molecule has 2 aromatic heterocycles. The van der Waals surface area contributed by atoms with Crippen molar-refractivity contribution in [1.82, 2.24) is 9.97 Å². The molecule has 2 heteroatoms. The maximum absolute atomic E-state index is 5.23. The third-order valence-corrected chi connectivity index (χ3v) is 8.95. The maximum atomic E-state index is 5.23. The zero-order chi connectivity index (χ0) is 29.0. The van der Waals surface area contributed by atoms with Crippen LogP contribution in [0.2, 0.25) is 0 Å². The Morgan fingerprint density at radius 1 is 0.419 bits per heavy atom. The van der Waals surface area contributed by atoms with E-state index in [-0.39, 0.29) is 5.41 Å². The lowest BCUT2D eigenvalue weighted by Crippen LogP contribution is -2.20. The Morgan fingerprint density at radius 2 is 0.907 bits per heavy atom. The number of hydrogen-bond donors (Lipinski definition) is 0. The van der Waals surface area contributed by atoms with Crippen LogP contribution in [0.3, 0.4) is 0 Å². The highest BCUT2D eigenvalue weighted by Crippen LogP contribution is 2.39. The molecule has 0 saturated heterocycles. The summed E-state index contributed by atoms with van der Waals surface area (Å²) >= 11 is 0. The van der Waals surface area contributed by atoms with Crippen molar-refractivity contribution in [1.29, 1.82) is 0 Å². The molecule has 0 spiro atoms. The van der Waals surface area contributed by atoms with Gasteiger partial charge in [0.05, 0.1) is 22.4 Å². The topological polar surface area (TPSA) is 25.8 Å². The lowest BCUT2D eigenvalue weighted by atomic mass is 9.75. The summed E-state index contributed by atoms with van der Waals surface area (Å²) in [4.78, 5) is 10.3. The van der Waals surface area contributed by atoms with Crippen molar-refractivity contribution in [2.24, 2.45) is 0 Å². The molecular weight excluding hydrogens is 520 g/mol. The van der Waals surface area contributed by atoms with Crippen LogP contribution >= 0.6 is 0 Å². The molecule has 0 radical (unpaired) electrons. The van der Waals surface area contributed by atoms with Crippen molar-refractivity contribution < 1.29 is 0 Å². The Morgan fingerprint density at radius 3 is 1.56 bits per heavy atom. The second kappa shape index (κ2) is 9.89. The zero-order valence-electron chi connectivity index (χ0n) is 24.3. The number of fused-ring (bicyclic) bond motifs is 6. The highest BCUT2D eigenvalue weighted by atomic mass is 14.7. The Labute approximate surface area is 251 Å². The van der Waals surface area contributed by atoms with Gasteiger partial charge >= 0.3 is 0 Å². The average molecular weight is 551 g/mol. The minimum absolute atomic E-state index is 0.239. The largest absolute Gasteiger partial charge is 0.247 e. The molecule has 0 fully saturated rings. The number of aromatic nitrogens is 2. The molecule has 0 bridgehead atoms. The fourth-order valence-corrected chi connectivity index (χ4v) is 6.49. The van der Waals surface area contributed by atoms with Crippen molar-refractivity contribution in [3.05, 3.63) is 157 Å². The van der Waals surface area contributed by atoms with Gasteiger partial charge < -0.3 is 0 Å². The van der Waals surface area contributed by atoms with Gasteiger partial charge in [-0.05, 0) is 34.0 Å². The zero-order valence-corrected chi connectivity index (χ0v) is 24.3. The average Bonchev–Trinajstić information content (AvgIpc) is 3.07. The monoisotopic (exact) mass is 550 g/mol. The molecule has 204 valence electrons. The van der Waals surface area contributed by atoms with Crippen molar-refractivity contribution in [3.63, 3.8) is 0 Å². The predicted molar refractivity (Wildman–Crippen MR) is 181 cm³/mol. The van der Waals surface area contributed by atoms with Crippen LogP contribution in [-0.4, -0.2) is 9.97 Å². The summed E-state index contributed by atoms with van der Waals surface area (Å²) in [5.74, 6) is 0. The van der Waals surface area contributed by atoms with E-state index in [9.17, 15) is 0 Å². The molecule has 0 amide bonds. The second-order valence-corrected chi connectivity index (χ2v) is 11.9. The molecule has 2 nitrogen and oxygen atoms in total.